The summed E-state index contributed by atoms with van der Waals surface area (Å²) in [6.07, 6.45) is 3.46. The number of hydrogen-bond donors (Lipinski definition) is 0. The smallest absolute Gasteiger partial charge is 0.151 e. The van der Waals surface area contributed by atoms with E-state index < -0.39 is 0 Å². The maximum absolute atomic E-state index is 7.90. The Bertz CT molecular complexity index is 400. The van der Waals surface area contributed by atoms with Gasteiger partial charge < -0.3 is 4.90 Å². The van der Waals surface area contributed by atoms with Crippen molar-refractivity contribution in [1.29, 1.82) is 0 Å². The van der Waals surface area contributed by atoms with E-state index >= 15 is 0 Å². The Balaban J connectivity index is 2.36. The average molecular weight is 258 g/mol. The lowest BCUT2D eigenvalue weighted by atomic mass is 10.0. The minimum Gasteiger partial charge on any atom is -0.352 e. The monoisotopic (exact) mass is 257 g/mol. The summed E-state index contributed by atoms with van der Waals surface area (Å²) < 4.78 is 15.9. The van der Waals surface area contributed by atoms with Gasteiger partial charge >= 0.3 is 0 Å². The number of nitrogens with zero attached hydrogens (tertiary/aromatic N) is 3. The molecule has 2 rings (SSSR count). The van der Waals surface area contributed by atoms with E-state index in [1.54, 1.807) is 0 Å². The first kappa shape index (κ1) is 7.63. The summed E-state index contributed by atoms with van der Waals surface area (Å²) in [4.78, 5) is 2.09. The van der Waals surface area contributed by atoms with Gasteiger partial charge in [-0.3, -0.25) is 0 Å². The van der Waals surface area contributed by atoms with Gasteiger partial charge in [-0.25, -0.2) is 0 Å². The van der Waals surface area contributed by atoms with E-state index in [0.29, 0.717) is 16.5 Å². The standard InChI is InChI=1S/C10H14BrN3/c1-8-4-2-3-7-14(8)10-6-5-9(11)12-13-10/h5-6,8H,2-4,7H2,1H3/i5D,6D. The quantitative estimate of drug-likeness (QED) is 0.775. The third-order valence-electron chi connectivity index (χ3n) is 2.58. The number of hydrogen-bond acceptors (Lipinski definition) is 3. The Kier molecular flexibility index (Phi) is 2.32. The Morgan fingerprint density at radius 3 is 3.14 bits per heavy atom. The summed E-state index contributed by atoms with van der Waals surface area (Å²) in [7, 11) is 0. The van der Waals surface area contributed by atoms with E-state index in [1.807, 2.05) is 0 Å². The van der Waals surface area contributed by atoms with Crippen molar-refractivity contribution in [1.82, 2.24) is 10.2 Å². The molecule has 1 aromatic rings. The number of halogens is 1. The lowest BCUT2D eigenvalue weighted by molar-refractivity contribution is 0.479. The maximum atomic E-state index is 7.90. The fraction of sp³-hybridized carbons (Fsp3) is 0.600. The fourth-order valence-electron chi connectivity index (χ4n) is 1.79. The van der Waals surface area contributed by atoms with Crippen LogP contribution in [0.25, 0.3) is 0 Å². The van der Waals surface area contributed by atoms with Gasteiger partial charge in [-0.15, -0.1) is 10.2 Å². The van der Waals surface area contributed by atoms with Crippen LogP contribution in [0.1, 0.15) is 28.9 Å². The van der Waals surface area contributed by atoms with Crippen LogP contribution in [-0.2, 0) is 0 Å². The molecule has 3 nitrogen and oxygen atoms in total. The summed E-state index contributed by atoms with van der Waals surface area (Å²) in [6, 6.07) is 0.658. The first-order valence-electron chi connectivity index (χ1n) is 5.87. The highest BCUT2D eigenvalue weighted by Crippen LogP contribution is 2.22. The first-order chi connectivity index (χ1) is 7.61. The maximum Gasteiger partial charge on any atom is 0.151 e. The summed E-state index contributed by atoms with van der Waals surface area (Å²) >= 11 is 3.12. The second kappa shape index (κ2) is 4.26. The van der Waals surface area contributed by atoms with Crippen LogP contribution in [0.15, 0.2) is 16.7 Å². The molecule has 0 aromatic carbocycles. The molecule has 0 bridgehead atoms. The van der Waals surface area contributed by atoms with E-state index in [2.05, 4.69) is 38.0 Å². The highest BCUT2D eigenvalue weighted by molar-refractivity contribution is 9.10. The van der Waals surface area contributed by atoms with Gasteiger partial charge in [0.05, 0.1) is 2.74 Å². The molecule has 1 saturated heterocycles. The number of aromatic nitrogens is 2. The molecule has 0 N–H and O–H groups in total. The van der Waals surface area contributed by atoms with E-state index in [1.165, 1.54) is 6.42 Å². The predicted molar refractivity (Wildman–Crippen MR) is 60.4 cm³/mol. The molecule has 2 heterocycles. The van der Waals surface area contributed by atoms with E-state index in [0.717, 1.165) is 19.4 Å². The van der Waals surface area contributed by atoms with Crippen LogP contribution < -0.4 is 4.90 Å². The molecule has 4 heteroatoms. The minimum atomic E-state index is 0.114. The highest BCUT2D eigenvalue weighted by atomic mass is 79.9. The van der Waals surface area contributed by atoms with Crippen LogP contribution in [0.5, 0.6) is 0 Å². The molecular weight excluding hydrogens is 242 g/mol. The normalized spacial score (nSPS) is 24.4. The molecular formula is C10H14BrN3. The minimum absolute atomic E-state index is 0.114. The molecule has 0 radical (unpaired) electrons. The summed E-state index contributed by atoms with van der Waals surface area (Å²) in [6.45, 7) is 3.04. The molecule has 1 fully saturated rings. The lowest BCUT2D eigenvalue weighted by Gasteiger charge is -2.33. The highest BCUT2D eigenvalue weighted by Gasteiger charge is 2.19. The Morgan fingerprint density at radius 1 is 1.50 bits per heavy atom. The fourth-order valence-corrected chi connectivity index (χ4v) is 1.97. The molecule has 0 amide bonds. The van der Waals surface area contributed by atoms with E-state index in [9.17, 15) is 0 Å². The molecule has 1 atom stereocenters. The molecule has 0 saturated carbocycles. The molecule has 0 spiro atoms. The van der Waals surface area contributed by atoms with Crippen LogP contribution in [-0.4, -0.2) is 22.8 Å². The third-order valence-corrected chi connectivity index (χ3v) is 2.94. The average Bonchev–Trinajstić information content (AvgIpc) is 2.28. The molecule has 1 unspecified atom stereocenters. The van der Waals surface area contributed by atoms with Gasteiger partial charge in [-0.1, -0.05) is 0 Å². The van der Waals surface area contributed by atoms with Crippen LogP contribution in [0, 0.1) is 0 Å². The van der Waals surface area contributed by atoms with Gasteiger partial charge in [0.25, 0.3) is 0 Å². The Hall–Kier alpha value is -0.640. The van der Waals surface area contributed by atoms with Crippen LogP contribution in [0.3, 0.4) is 0 Å². The summed E-state index contributed by atoms with van der Waals surface area (Å²) in [5.74, 6) is 0.542. The predicted octanol–water partition coefficient (Wildman–Crippen LogP) is 2.62. The lowest BCUT2D eigenvalue weighted by Crippen LogP contribution is -2.38. The van der Waals surface area contributed by atoms with Gasteiger partial charge in [0.1, 0.15) is 4.60 Å². The molecule has 1 aliphatic rings. The molecule has 14 heavy (non-hydrogen) atoms. The second-order valence-corrected chi connectivity index (χ2v) is 4.35. The van der Waals surface area contributed by atoms with Gasteiger partial charge in [-0.05, 0) is 54.2 Å². The second-order valence-electron chi connectivity index (χ2n) is 3.60. The largest absolute Gasteiger partial charge is 0.352 e. The zero-order valence-electron chi connectivity index (χ0n) is 10.1. The van der Waals surface area contributed by atoms with E-state index in [4.69, 9.17) is 2.74 Å². The van der Waals surface area contributed by atoms with Crippen molar-refractivity contribution in [2.45, 2.75) is 32.2 Å². The van der Waals surface area contributed by atoms with Crippen molar-refractivity contribution < 1.29 is 2.74 Å². The number of anilines is 1. The van der Waals surface area contributed by atoms with Crippen molar-refractivity contribution in [2.24, 2.45) is 0 Å². The van der Waals surface area contributed by atoms with Crippen LogP contribution in [0.2, 0.25) is 0 Å². The molecule has 0 aliphatic carbocycles. The van der Waals surface area contributed by atoms with Crippen LogP contribution in [0.4, 0.5) is 5.82 Å². The molecule has 1 aliphatic heterocycles. The van der Waals surface area contributed by atoms with Gasteiger partial charge in [0.2, 0.25) is 0 Å². The van der Waals surface area contributed by atoms with Gasteiger partial charge in [-0.2, -0.15) is 0 Å². The summed E-state index contributed by atoms with van der Waals surface area (Å²) in [5.41, 5.74) is 0. The Labute approximate surface area is 95.5 Å². The van der Waals surface area contributed by atoms with Gasteiger partial charge in [0, 0.05) is 12.6 Å². The van der Waals surface area contributed by atoms with Crippen LogP contribution >= 0.6 is 15.9 Å². The zero-order valence-corrected chi connectivity index (χ0v) is 9.71. The van der Waals surface area contributed by atoms with Crippen molar-refractivity contribution >= 4 is 21.7 Å². The van der Waals surface area contributed by atoms with Crippen molar-refractivity contribution in [2.75, 3.05) is 11.4 Å². The Morgan fingerprint density at radius 2 is 2.36 bits per heavy atom. The van der Waals surface area contributed by atoms with Crippen molar-refractivity contribution in [3.05, 3.63) is 16.7 Å². The molecule has 1 aromatic heterocycles. The topological polar surface area (TPSA) is 29.0 Å². The third kappa shape index (κ3) is 2.05. The zero-order chi connectivity index (χ0) is 11.7. The van der Waals surface area contributed by atoms with E-state index in [-0.39, 0.29) is 12.1 Å². The molecule has 76 valence electrons. The number of piperidine rings is 1. The van der Waals surface area contributed by atoms with Gasteiger partial charge in [0.15, 0.2) is 5.82 Å². The van der Waals surface area contributed by atoms with Crippen molar-refractivity contribution in [3.8, 4) is 0 Å². The SMILES string of the molecule is [2H]c1c(Br)nnc(N2CCCCC2C)c1[2H]. The first-order valence-corrected chi connectivity index (χ1v) is 5.66. The summed E-state index contributed by atoms with van der Waals surface area (Å²) in [5, 5.41) is 7.90. The number of rotatable bonds is 1. The van der Waals surface area contributed by atoms with Crippen molar-refractivity contribution in [3.63, 3.8) is 0 Å².